The predicted octanol–water partition coefficient (Wildman–Crippen LogP) is 2.21. The Kier molecular flexibility index (Phi) is 4.45. The van der Waals surface area contributed by atoms with E-state index in [4.69, 9.17) is 0 Å². The number of hydrogen-bond acceptors (Lipinski definition) is 2. The van der Waals surface area contributed by atoms with E-state index in [0.717, 1.165) is 24.0 Å². The molecule has 1 aromatic rings. The molecule has 1 unspecified atom stereocenters. The minimum atomic E-state index is 0.463. The van der Waals surface area contributed by atoms with E-state index in [1.165, 1.54) is 0 Å². The SMILES string of the molecule is CCNCCC(C)n1cc(Br)cn1. The first-order valence-electron chi connectivity index (χ1n) is 4.64. The smallest absolute Gasteiger partial charge is 0.0632 e. The van der Waals surface area contributed by atoms with E-state index in [-0.39, 0.29) is 0 Å². The van der Waals surface area contributed by atoms with Crippen molar-refractivity contribution in [1.29, 1.82) is 0 Å². The summed E-state index contributed by atoms with van der Waals surface area (Å²) in [6, 6.07) is 0.463. The molecule has 0 fully saturated rings. The summed E-state index contributed by atoms with van der Waals surface area (Å²) in [6.07, 6.45) is 4.95. The molecule has 0 bridgehead atoms. The van der Waals surface area contributed by atoms with Gasteiger partial charge < -0.3 is 5.32 Å². The first-order valence-corrected chi connectivity index (χ1v) is 5.43. The normalized spacial score (nSPS) is 13.2. The summed E-state index contributed by atoms with van der Waals surface area (Å²) in [5, 5.41) is 7.54. The fourth-order valence-electron chi connectivity index (χ4n) is 1.18. The monoisotopic (exact) mass is 245 g/mol. The summed E-state index contributed by atoms with van der Waals surface area (Å²) in [5.74, 6) is 0. The number of hydrogen-bond donors (Lipinski definition) is 1. The highest BCUT2D eigenvalue weighted by molar-refractivity contribution is 9.10. The highest BCUT2D eigenvalue weighted by atomic mass is 79.9. The average molecular weight is 246 g/mol. The van der Waals surface area contributed by atoms with Crippen LogP contribution in [0.1, 0.15) is 26.3 Å². The van der Waals surface area contributed by atoms with E-state index in [2.05, 4.69) is 40.2 Å². The number of nitrogens with one attached hydrogen (secondary N) is 1. The van der Waals surface area contributed by atoms with Crippen LogP contribution in [0.4, 0.5) is 0 Å². The average Bonchev–Trinajstić information content (AvgIpc) is 2.52. The van der Waals surface area contributed by atoms with E-state index >= 15 is 0 Å². The molecule has 3 nitrogen and oxygen atoms in total. The number of halogens is 1. The zero-order valence-corrected chi connectivity index (χ0v) is 9.71. The van der Waals surface area contributed by atoms with Gasteiger partial charge >= 0.3 is 0 Å². The fraction of sp³-hybridized carbons (Fsp3) is 0.667. The molecule has 13 heavy (non-hydrogen) atoms. The Labute approximate surface area is 87.6 Å². The molecule has 0 aliphatic heterocycles. The Balaban J connectivity index is 2.35. The first kappa shape index (κ1) is 10.7. The zero-order chi connectivity index (χ0) is 9.68. The Bertz CT molecular complexity index is 247. The van der Waals surface area contributed by atoms with E-state index in [1.54, 1.807) is 0 Å². The molecule has 0 aliphatic rings. The molecule has 4 heteroatoms. The van der Waals surface area contributed by atoms with E-state index in [9.17, 15) is 0 Å². The summed E-state index contributed by atoms with van der Waals surface area (Å²) < 4.78 is 3.03. The zero-order valence-electron chi connectivity index (χ0n) is 8.13. The van der Waals surface area contributed by atoms with Gasteiger partial charge in [0, 0.05) is 6.20 Å². The van der Waals surface area contributed by atoms with Crippen molar-refractivity contribution in [2.24, 2.45) is 0 Å². The van der Waals surface area contributed by atoms with Crippen LogP contribution in [0.25, 0.3) is 0 Å². The minimum absolute atomic E-state index is 0.463. The second-order valence-electron chi connectivity index (χ2n) is 3.13. The molecule has 1 atom stereocenters. The third kappa shape index (κ3) is 3.48. The number of aromatic nitrogens is 2. The van der Waals surface area contributed by atoms with Gasteiger partial charge in [-0.3, -0.25) is 4.68 Å². The summed E-state index contributed by atoms with van der Waals surface area (Å²) >= 11 is 3.38. The lowest BCUT2D eigenvalue weighted by Crippen LogP contribution is -2.18. The Morgan fingerprint density at radius 2 is 2.46 bits per heavy atom. The third-order valence-electron chi connectivity index (χ3n) is 2.01. The molecule has 74 valence electrons. The molecule has 0 radical (unpaired) electrons. The van der Waals surface area contributed by atoms with Gasteiger partial charge in [0.2, 0.25) is 0 Å². The molecular weight excluding hydrogens is 230 g/mol. The third-order valence-corrected chi connectivity index (χ3v) is 2.42. The van der Waals surface area contributed by atoms with Crippen LogP contribution < -0.4 is 5.32 Å². The number of nitrogens with zero attached hydrogens (tertiary/aromatic N) is 2. The predicted molar refractivity (Wildman–Crippen MR) is 57.8 cm³/mol. The van der Waals surface area contributed by atoms with Crippen molar-refractivity contribution < 1.29 is 0 Å². The van der Waals surface area contributed by atoms with Crippen LogP contribution in [0.5, 0.6) is 0 Å². The van der Waals surface area contributed by atoms with Crippen molar-refractivity contribution in [2.45, 2.75) is 26.3 Å². The maximum atomic E-state index is 4.24. The quantitative estimate of drug-likeness (QED) is 0.807. The van der Waals surface area contributed by atoms with Crippen molar-refractivity contribution in [2.75, 3.05) is 13.1 Å². The molecule has 0 saturated heterocycles. The van der Waals surface area contributed by atoms with Crippen LogP contribution in [-0.2, 0) is 0 Å². The standard InChI is InChI=1S/C9H16BrN3/c1-3-11-5-4-8(2)13-7-9(10)6-12-13/h6-8,11H,3-5H2,1-2H3. The molecule has 0 spiro atoms. The molecule has 0 aliphatic carbocycles. The Hall–Kier alpha value is -0.350. The molecule has 0 amide bonds. The molecule has 1 N–H and O–H groups in total. The lowest BCUT2D eigenvalue weighted by atomic mass is 10.2. The fourth-order valence-corrected chi connectivity index (χ4v) is 1.48. The molecular formula is C9H16BrN3. The summed E-state index contributed by atoms with van der Waals surface area (Å²) in [6.45, 7) is 6.39. The highest BCUT2D eigenvalue weighted by Crippen LogP contribution is 2.13. The lowest BCUT2D eigenvalue weighted by molar-refractivity contribution is 0.447. The van der Waals surface area contributed by atoms with Gasteiger partial charge in [0.05, 0.1) is 16.7 Å². The number of rotatable bonds is 5. The summed E-state index contributed by atoms with van der Waals surface area (Å²) in [7, 11) is 0. The van der Waals surface area contributed by atoms with Crippen molar-refractivity contribution in [3.8, 4) is 0 Å². The maximum absolute atomic E-state index is 4.24. The van der Waals surface area contributed by atoms with Crippen LogP contribution in [0.15, 0.2) is 16.9 Å². The molecule has 0 aromatic carbocycles. The minimum Gasteiger partial charge on any atom is -0.317 e. The second kappa shape index (κ2) is 5.40. The molecule has 1 heterocycles. The van der Waals surface area contributed by atoms with E-state index in [1.807, 2.05) is 17.1 Å². The summed E-state index contributed by atoms with van der Waals surface area (Å²) in [5.41, 5.74) is 0. The van der Waals surface area contributed by atoms with Crippen molar-refractivity contribution >= 4 is 15.9 Å². The van der Waals surface area contributed by atoms with Gasteiger partial charge in [0.25, 0.3) is 0 Å². The van der Waals surface area contributed by atoms with Crippen molar-refractivity contribution in [1.82, 2.24) is 15.1 Å². The van der Waals surface area contributed by atoms with Crippen molar-refractivity contribution in [3.05, 3.63) is 16.9 Å². The van der Waals surface area contributed by atoms with E-state index < -0.39 is 0 Å². The van der Waals surface area contributed by atoms with Gasteiger partial charge in [-0.1, -0.05) is 6.92 Å². The molecule has 1 rings (SSSR count). The van der Waals surface area contributed by atoms with Gasteiger partial charge in [-0.2, -0.15) is 5.10 Å². The summed E-state index contributed by atoms with van der Waals surface area (Å²) in [4.78, 5) is 0. The Morgan fingerprint density at radius 1 is 1.69 bits per heavy atom. The van der Waals surface area contributed by atoms with Crippen LogP contribution >= 0.6 is 15.9 Å². The van der Waals surface area contributed by atoms with Crippen molar-refractivity contribution in [3.63, 3.8) is 0 Å². The molecule has 1 aromatic heterocycles. The lowest BCUT2D eigenvalue weighted by Gasteiger charge is -2.11. The molecule has 0 saturated carbocycles. The largest absolute Gasteiger partial charge is 0.317 e. The van der Waals surface area contributed by atoms with Gasteiger partial charge in [-0.25, -0.2) is 0 Å². The van der Waals surface area contributed by atoms with Crippen LogP contribution in [-0.4, -0.2) is 22.9 Å². The van der Waals surface area contributed by atoms with Gasteiger partial charge in [-0.05, 0) is 42.4 Å². The maximum Gasteiger partial charge on any atom is 0.0632 e. The Morgan fingerprint density at radius 3 is 3.00 bits per heavy atom. The second-order valence-corrected chi connectivity index (χ2v) is 4.05. The van der Waals surface area contributed by atoms with Gasteiger partial charge in [0.15, 0.2) is 0 Å². The highest BCUT2D eigenvalue weighted by Gasteiger charge is 2.04. The van der Waals surface area contributed by atoms with Crippen LogP contribution in [0.3, 0.4) is 0 Å². The van der Waals surface area contributed by atoms with Gasteiger partial charge in [-0.15, -0.1) is 0 Å². The topological polar surface area (TPSA) is 29.9 Å². The van der Waals surface area contributed by atoms with Gasteiger partial charge in [0.1, 0.15) is 0 Å². The van der Waals surface area contributed by atoms with E-state index in [0.29, 0.717) is 6.04 Å². The van der Waals surface area contributed by atoms with Crippen LogP contribution in [0, 0.1) is 0 Å². The first-order chi connectivity index (χ1) is 6.24. The van der Waals surface area contributed by atoms with Crippen LogP contribution in [0.2, 0.25) is 0 Å².